The number of rotatable bonds is 14. The highest BCUT2D eigenvalue weighted by atomic mass is 28.4. The topological polar surface area (TPSA) is 71.1 Å². The average molecular weight is 531 g/mol. The van der Waals surface area contributed by atoms with Crippen molar-refractivity contribution in [1.29, 1.82) is 0 Å². The van der Waals surface area contributed by atoms with Crippen molar-refractivity contribution in [3.63, 3.8) is 0 Å². The molecule has 206 valence electrons. The Hall–Kier alpha value is -0.386. The van der Waals surface area contributed by atoms with Gasteiger partial charge in [0.1, 0.15) is 12.6 Å². The molecule has 1 fully saturated rings. The molecule has 1 aliphatic heterocycles. The third-order valence-corrected chi connectivity index (χ3v) is 17.1. The number of ether oxygens (including phenoxy) is 2. The summed E-state index contributed by atoms with van der Waals surface area (Å²) in [5.74, 6) is -0.664. The smallest absolute Gasteiger partial charge is 0.192 e. The molecule has 0 aromatic carbocycles. The maximum atomic E-state index is 11.4. The molecule has 0 spiro atoms. The largest absolute Gasteiger partial charge is 0.411 e. The number of aldehydes is 2. The first-order chi connectivity index (χ1) is 15.8. The van der Waals surface area contributed by atoms with Gasteiger partial charge in [-0.05, 0) is 75.8 Å². The lowest BCUT2D eigenvalue weighted by atomic mass is 9.98. The van der Waals surface area contributed by atoms with Gasteiger partial charge >= 0.3 is 0 Å². The van der Waals surface area contributed by atoms with Gasteiger partial charge in [-0.2, -0.15) is 0 Å². The van der Waals surface area contributed by atoms with Gasteiger partial charge in [-0.1, -0.05) is 41.5 Å². The van der Waals surface area contributed by atoms with Gasteiger partial charge in [-0.3, -0.25) is 0 Å². The van der Waals surface area contributed by atoms with Crippen molar-refractivity contribution >= 4 is 29.2 Å². The van der Waals surface area contributed by atoms with E-state index in [1.54, 1.807) is 0 Å². The zero-order chi connectivity index (χ0) is 27.3. The molecule has 4 atom stereocenters. The van der Waals surface area contributed by atoms with Crippen LogP contribution in [-0.2, 0) is 27.9 Å². The molecular formula is C27H54O6Si2. The summed E-state index contributed by atoms with van der Waals surface area (Å²) >= 11 is 0. The van der Waals surface area contributed by atoms with Crippen molar-refractivity contribution in [3.05, 3.63) is 0 Å². The van der Waals surface area contributed by atoms with Crippen LogP contribution in [0.5, 0.6) is 0 Å². The van der Waals surface area contributed by atoms with Crippen molar-refractivity contribution in [3.8, 4) is 0 Å². The van der Waals surface area contributed by atoms with E-state index < -0.39 is 22.4 Å². The van der Waals surface area contributed by atoms with Crippen molar-refractivity contribution in [2.45, 2.75) is 160 Å². The highest BCUT2D eigenvalue weighted by Crippen LogP contribution is 2.42. The lowest BCUT2D eigenvalue weighted by Gasteiger charge is -2.45. The van der Waals surface area contributed by atoms with E-state index in [9.17, 15) is 9.59 Å². The van der Waals surface area contributed by atoms with Crippen molar-refractivity contribution in [2.24, 2.45) is 0 Å². The lowest BCUT2D eigenvalue weighted by Crippen LogP contribution is -2.52. The number of carbonyl (C=O) groups is 2. The zero-order valence-corrected chi connectivity index (χ0v) is 26.7. The van der Waals surface area contributed by atoms with E-state index in [4.69, 9.17) is 18.3 Å². The summed E-state index contributed by atoms with van der Waals surface area (Å²) in [5.41, 5.74) is 0. The zero-order valence-electron chi connectivity index (χ0n) is 24.7. The van der Waals surface area contributed by atoms with Crippen LogP contribution in [-0.4, -0.2) is 59.4 Å². The Labute approximate surface area is 217 Å². The van der Waals surface area contributed by atoms with Crippen LogP contribution >= 0.6 is 0 Å². The Balaban J connectivity index is 3.24. The minimum absolute atomic E-state index is 0.0545. The van der Waals surface area contributed by atoms with Crippen molar-refractivity contribution in [1.82, 2.24) is 0 Å². The fraction of sp³-hybridized carbons (Fsp3) is 0.926. The van der Waals surface area contributed by atoms with E-state index in [-0.39, 0.29) is 34.5 Å². The van der Waals surface area contributed by atoms with Crippen LogP contribution in [0.25, 0.3) is 0 Å². The molecule has 0 radical (unpaired) electrons. The van der Waals surface area contributed by atoms with E-state index in [1.165, 1.54) is 0 Å². The maximum absolute atomic E-state index is 11.4. The van der Waals surface area contributed by atoms with Crippen molar-refractivity contribution < 1.29 is 27.9 Å². The number of hydrogen-bond donors (Lipinski definition) is 0. The summed E-state index contributed by atoms with van der Waals surface area (Å²) in [5, 5.41) is 0.110. The highest BCUT2D eigenvalue weighted by Gasteiger charge is 2.46. The Morgan fingerprint density at radius 1 is 0.743 bits per heavy atom. The first-order valence-electron chi connectivity index (χ1n) is 13.3. The summed E-state index contributed by atoms with van der Waals surface area (Å²) < 4.78 is 26.3. The van der Waals surface area contributed by atoms with Crippen LogP contribution in [0.15, 0.2) is 0 Å². The lowest BCUT2D eigenvalue weighted by molar-refractivity contribution is -0.148. The van der Waals surface area contributed by atoms with E-state index in [0.717, 1.165) is 25.4 Å². The maximum Gasteiger partial charge on any atom is 0.192 e. The Kier molecular flexibility index (Phi) is 11.6. The van der Waals surface area contributed by atoms with Gasteiger partial charge in [-0.25, -0.2) is 0 Å². The third-order valence-electron chi connectivity index (χ3n) is 8.08. The van der Waals surface area contributed by atoms with Gasteiger partial charge in [0.2, 0.25) is 0 Å². The van der Waals surface area contributed by atoms with Crippen LogP contribution in [0.4, 0.5) is 0 Å². The van der Waals surface area contributed by atoms with Crippen LogP contribution in [0.1, 0.15) is 93.9 Å². The SMILES string of the molecule is CC1(C)O[C@@H](CCC=O)[C@H](CC[C@@H](O[Si](C)(C)C(C)(C)C)[C@@H](CCC=O)O[Si](C)(C)C(C)(C)C)O1. The molecule has 0 bridgehead atoms. The van der Waals surface area contributed by atoms with Crippen LogP contribution in [0.2, 0.25) is 36.3 Å². The van der Waals surface area contributed by atoms with Gasteiger partial charge in [0, 0.05) is 12.8 Å². The summed E-state index contributed by atoms with van der Waals surface area (Å²) in [4.78, 5) is 22.4. The molecule has 0 amide bonds. The fourth-order valence-corrected chi connectivity index (χ4v) is 6.70. The molecule has 1 rings (SSSR count). The second-order valence-corrected chi connectivity index (χ2v) is 23.1. The molecule has 6 nitrogen and oxygen atoms in total. The normalized spacial score (nSPS) is 23.2. The molecule has 0 saturated carbocycles. The predicted octanol–water partition coefficient (Wildman–Crippen LogP) is 7.03. The van der Waals surface area contributed by atoms with Gasteiger partial charge in [-0.15, -0.1) is 0 Å². The number of carbonyl (C=O) groups excluding carboxylic acids is 2. The summed E-state index contributed by atoms with van der Waals surface area (Å²) in [7, 11) is -4.20. The first-order valence-corrected chi connectivity index (χ1v) is 19.2. The molecule has 0 aromatic heterocycles. The van der Waals surface area contributed by atoms with E-state index in [1.807, 2.05) is 13.8 Å². The van der Waals surface area contributed by atoms with Gasteiger partial charge in [0.05, 0.1) is 24.4 Å². The molecule has 1 aliphatic rings. The van der Waals surface area contributed by atoms with Gasteiger partial charge in [0.25, 0.3) is 0 Å². The third kappa shape index (κ3) is 9.78. The van der Waals surface area contributed by atoms with Gasteiger partial charge < -0.3 is 27.9 Å². The van der Waals surface area contributed by atoms with Crippen LogP contribution in [0, 0.1) is 0 Å². The molecule has 1 heterocycles. The Morgan fingerprint density at radius 2 is 1.14 bits per heavy atom. The van der Waals surface area contributed by atoms with E-state index >= 15 is 0 Å². The second-order valence-electron chi connectivity index (χ2n) is 13.6. The van der Waals surface area contributed by atoms with E-state index in [2.05, 4.69) is 67.7 Å². The predicted molar refractivity (Wildman–Crippen MR) is 148 cm³/mol. The molecule has 1 saturated heterocycles. The van der Waals surface area contributed by atoms with Crippen LogP contribution in [0.3, 0.4) is 0 Å². The first kappa shape index (κ1) is 32.6. The average Bonchev–Trinajstić information content (AvgIpc) is 2.98. The van der Waals surface area contributed by atoms with Gasteiger partial charge in [0.15, 0.2) is 22.4 Å². The standard InChI is InChI=1S/C27H54O6Si2/c1-25(2,3)34(9,10)32-23(16-14-20-29)24(33-35(11,12)26(4,5)6)18-17-22-21(15-13-19-28)30-27(7,8)31-22/h19-24H,13-18H2,1-12H3/t21-,22-,23+,24+/m0/s1. The van der Waals surface area contributed by atoms with Crippen molar-refractivity contribution in [2.75, 3.05) is 0 Å². The Morgan fingerprint density at radius 3 is 1.54 bits per heavy atom. The van der Waals surface area contributed by atoms with Crippen LogP contribution < -0.4 is 0 Å². The molecule has 0 aromatic rings. The summed E-state index contributed by atoms with van der Waals surface area (Å²) in [6.07, 6.45) is 5.15. The molecule has 0 N–H and O–H groups in total. The fourth-order valence-electron chi connectivity index (χ4n) is 3.94. The molecule has 8 heteroatoms. The Bertz CT molecular complexity index is 678. The second kappa shape index (κ2) is 12.4. The minimum atomic E-state index is -2.11. The molecule has 35 heavy (non-hydrogen) atoms. The summed E-state index contributed by atoms with van der Waals surface area (Å²) in [6.45, 7) is 26.4. The quantitative estimate of drug-likeness (QED) is 0.177. The monoisotopic (exact) mass is 530 g/mol. The summed E-state index contributed by atoms with van der Waals surface area (Å²) in [6, 6.07) is 0. The minimum Gasteiger partial charge on any atom is -0.411 e. The molecule has 0 aliphatic carbocycles. The molecule has 0 unspecified atom stereocenters. The number of hydrogen-bond acceptors (Lipinski definition) is 6. The molecular weight excluding hydrogens is 476 g/mol. The highest BCUT2D eigenvalue weighted by molar-refractivity contribution is 6.74. The van der Waals surface area contributed by atoms with E-state index in [0.29, 0.717) is 25.7 Å².